The Morgan fingerprint density at radius 2 is 1.00 bits per heavy atom. The number of aromatic nitrogens is 1. The average Bonchev–Trinajstić information content (AvgIpc) is 2.72. The maximum absolute atomic E-state index is 12.5. The summed E-state index contributed by atoms with van der Waals surface area (Å²) in [5.41, 5.74) is 8.72. The minimum absolute atomic E-state index is 0.0737. The molecule has 0 aliphatic rings. The summed E-state index contributed by atoms with van der Waals surface area (Å²) in [6.45, 7) is 12.4. The Hall–Kier alpha value is -3.47. The summed E-state index contributed by atoms with van der Waals surface area (Å²) >= 11 is 0. The zero-order chi connectivity index (χ0) is 23.4. The van der Waals surface area contributed by atoms with Crippen molar-refractivity contribution in [3.63, 3.8) is 0 Å². The standard InChI is InChI=1S/C27H29NO4/c1-16-10-18(3)22(19(4)11-16)14-31-26(29)24-8-7-9-25(28-24)27(30)32-15-23-20(5)12-17(2)13-21(23)6/h7-13H,14-15H2,1-6H3. The number of benzene rings is 2. The normalized spacial score (nSPS) is 10.7. The SMILES string of the molecule is Cc1cc(C)c(COC(=O)c2cccc(C(=O)OCc3c(C)cc(C)cc3C)n2)c(C)c1. The minimum Gasteiger partial charge on any atom is -0.456 e. The second kappa shape index (κ2) is 9.77. The van der Waals surface area contributed by atoms with E-state index in [1.165, 1.54) is 23.3 Å². The molecule has 3 rings (SSSR count). The summed E-state index contributed by atoms with van der Waals surface area (Å²) in [6, 6.07) is 12.9. The van der Waals surface area contributed by atoms with E-state index < -0.39 is 11.9 Å². The highest BCUT2D eigenvalue weighted by Gasteiger charge is 2.16. The Bertz CT molecular complexity index is 1050. The van der Waals surface area contributed by atoms with E-state index in [0.717, 1.165) is 33.4 Å². The van der Waals surface area contributed by atoms with Crippen molar-refractivity contribution < 1.29 is 19.1 Å². The number of hydrogen-bond donors (Lipinski definition) is 0. The quantitative estimate of drug-likeness (QED) is 0.472. The number of aryl methyl sites for hydroxylation is 6. The number of ether oxygens (including phenoxy) is 2. The molecule has 0 saturated heterocycles. The van der Waals surface area contributed by atoms with E-state index in [0.29, 0.717) is 0 Å². The third kappa shape index (κ3) is 5.41. The predicted molar refractivity (Wildman–Crippen MR) is 124 cm³/mol. The van der Waals surface area contributed by atoms with E-state index in [2.05, 4.69) is 29.2 Å². The number of nitrogens with zero attached hydrogens (tertiary/aromatic N) is 1. The van der Waals surface area contributed by atoms with Crippen LogP contribution in [0.1, 0.15) is 65.5 Å². The second-order valence-corrected chi connectivity index (χ2v) is 8.31. The highest BCUT2D eigenvalue weighted by atomic mass is 16.5. The van der Waals surface area contributed by atoms with Crippen molar-refractivity contribution in [3.8, 4) is 0 Å². The summed E-state index contributed by atoms with van der Waals surface area (Å²) in [6.07, 6.45) is 0. The molecular formula is C27H29NO4. The van der Waals surface area contributed by atoms with Gasteiger partial charge < -0.3 is 9.47 Å². The van der Waals surface area contributed by atoms with E-state index in [4.69, 9.17) is 9.47 Å². The molecule has 3 aromatic rings. The van der Waals surface area contributed by atoms with Crippen LogP contribution in [0.2, 0.25) is 0 Å². The first-order valence-corrected chi connectivity index (χ1v) is 10.6. The number of pyridine rings is 1. The van der Waals surface area contributed by atoms with Crippen LogP contribution in [0.25, 0.3) is 0 Å². The maximum atomic E-state index is 12.5. The van der Waals surface area contributed by atoms with Crippen LogP contribution in [0.5, 0.6) is 0 Å². The van der Waals surface area contributed by atoms with Gasteiger partial charge in [-0.2, -0.15) is 0 Å². The van der Waals surface area contributed by atoms with E-state index in [1.807, 2.05) is 41.5 Å². The number of rotatable bonds is 6. The lowest BCUT2D eigenvalue weighted by molar-refractivity contribution is 0.0455. The summed E-state index contributed by atoms with van der Waals surface area (Å²) in [5, 5.41) is 0. The number of carbonyl (C=O) groups excluding carboxylic acids is 2. The van der Waals surface area contributed by atoms with Gasteiger partial charge in [0.05, 0.1) is 0 Å². The number of esters is 2. The summed E-state index contributed by atoms with van der Waals surface area (Å²) in [7, 11) is 0. The molecular weight excluding hydrogens is 402 g/mol. The highest BCUT2D eigenvalue weighted by Crippen LogP contribution is 2.19. The molecule has 0 fully saturated rings. The first-order chi connectivity index (χ1) is 15.2. The van der Waals surface area contributed by atoms with Gasteiger partial charge in [0, 0.05) is 0 Å². The van der Waals surface area contributed by atoms with Gasteiger partial charge in [0.25, 0.3) is 0 Å². The Kier molecular flexibility index (Phi) is 7.08. The van der Waals surface area contributed by atoms with Crippen LogP contribution in [0.3, 0.4) is 0 Å². The molecule has 0 radical (unpaired) electrons. The van der Waals surface area contributed by atoms with Crippen LogP contribution in [0.15, 0.2) is 42.5 Å². The van der Waals surface area contributed by atoms with Crippen molar-refractivity contribution in [2.24, 2.45) is 0 Å². The monoisotopic (exact) mass is 431 g/mol. The van der Waals surface area contributed by atoms with Crippen molar-refractivity contribution in [1.82, 2.24) is 4.98 Å². The molecule has 0 unspecified atom stereocenters. The van der Waals surface area contributed by atoms with Gasteiger partial charge in [-0.05, 0) is 87.1 Å². The van der Waals surface area contributed by atoms with Gasteiger partial charge in [-0.15, -0.1) is 0 Å². The van der Waals surface area contributed by atoms with Crippen LogP contribution >= 0.6 is 0 Å². The molecule has 166 valence electrons. The van der Waals surface area contributed by atoms with Gasteiger partial charge in [-0.3, -0.25) is 0 Å². The molecule has 0 saturated carbocycles. The summed E-state index contributed by atoms with van der Waals surface area (Å²) < 4.78 is 10.9. The molecule has 1 aromatic heterocycles. The molecule has 0 aliphatic heterocycles. The lowest BCUT2D eigenvalue weighted by atomic mass is 10.0. The second-order valence-electron chi connectivity index (χ2n) is 8.31. The Labute approximate surface area is 189 Å². The van der Waals surface area contributed by atoms with Crippen LogP contribution in [-0.2, 0) is 22.7 Å². The lowest BCUT2D eigenvalue weighted by Gasteiger charge is -2.13. The predicted octanol–water partition coefficient (Wildman–Crippen LogP) is 5.65. The van der Waals surface area contributed by atoms with Crippen molar-refractivity contribution >= 4 is 11.9 Å². The van der Waals surface area contributed by atoms with Crippen molar-refractivity contribution in [3.05, 3.63) is 98.4 Å². The fourth-order valence-electron chi connectivity index (χ4n) is 3.96. The van der Waals surface area contributed by atoms with Gasteiger partial charge in [-0.25, -0.2) is 14.6 Å². The third-order valence-electron chi connectivity index (χ3n) is 5.54. The molecule has 5 heteroatoms. The maximum Gasteiger partial charge on any atom is 0.357 e. The van der Waals surface area contributed by atoms with Gasteiger partial charge >= 0.3 is 11.9 Å². The molecule has 32 heavy (non-hydrogen) atoms. The zero-order valence-electron chi connectivity index (χ0n) is 19.5. The fourth-order valence-corrected chi connectivity index (χ4v) is 3.96. The molecule has 0 spiro atoms. The average molecular weight is 432 g/mol. The topological polar surface area (TPSA) is 65.5 Å². The zero-order valence-corrected chi connectivity index (χ0v) is 19.5. The molecule has 0 N–H and O–H groups in total. The number of hydrogen-bond acceptors (Lipinski definition) is 5. The summed E-state index contributed by atoms with van der Waals surface area (Å²) in [5.74, 6) is -1.16. The highest BCUT2D eigenvalue weighted by molar-refractivity contribution is 5.91. The van der Waals surface area contributed by atoms with Crippen molar-refractivity contribution in [2.45, 2.75) is 54.8 Å². The van der Waals surface area contributed by atoms with E-state index in [9.17, 15) is 9.59 Å². The first-order valence-electron chi connectivity index (χ1n) is 10.6. The van der Waals surface area contributed by atoms with E-state index >= 15 is 0 Å². The molecule has 0 aliphatic carbocycles. The molecule has 5 nitrogen and oxygen atoms in total. The van der Waals surface area contributed by atoms with Gasteiger partial charge in [0.2, 0.25) is 0 Å². The smallest absolute Gasteiger partial charge is 0.357 e. The fraction of sp³-hybridized carbons (Fsp3) is 0.296. The Balaban J connectivity index is 1.67. The Morgan fingerprint density at radius 3 is 1.34 bits per heavy atom. The molecule has 0 atom stereocenters. The molecule has 2 aromatic carbocycles. The lowest BCUT2D eigenvalue weighted by Crippen LogP contribution is -2.13. The molecule has 1 heterocycles. The van der Waals surface area contributed by atoms with Gasteiger partial charge in [-0.1, -0.05) is 41.5 Å². The largest absolute Gasteiger partial charge is 0.456 e. The molecule has 0 amide bonds. The van der Waals surface area contributed by atoms with Crippen molar-refractivity contribution in [1.29, 1.82) is 0 Å². The van der Waals surface area contributed by atoms with Crippen LogP contribution < -0.4 is 0 Å². The third-order valence-corrected chi connectivity index (χ3v) is 5.54. The van der Waals surface area contributed by atoms with Gasteiger partial charge in [0.15, 0.2) is 0 Å². The van der Waals surface area contributed by atoms with E-state index in [1.54, 1.807) is 6.07 Å². The van der Waals surface area contributed by atoms with Crippen LogP contribution in [-0.4, -0.2) is 16.9 Å². The van der Waals surface area contributed by atoms with Crippen LogP contribution in [0.4, 0.5) is 0 Å². The summed E-state index contributed by atoms with van der Waals surface area (Å²) in [4.78, 5) is 29.3. The van der Waals surface area contributed by atoms with E-state index in [-0.39, 0.29) is 24.6 Å². The first kappa shape index (κ1) is 23.2. The molecule has 0 bridgehead atoms. The Morgan fingerprint density at radius 1 is 0.656 bits per heavy atom. The number of carbonyl (C=O) groups is 2. The van der Waals surface area contributed by atoms with Gasteiger partial charge in [0.1, 0.15) is 24.6 Å². The van der Waals surface area contributed by atoms with Crippen molar-refractivity contribution in [2.75, 3.05) is 0 Å². The minimum atomic E-state index is -0.579. The van der Waals surface area contributed by atoms with Crippen LogP contribution in [0, 0.1) is 41.5 Å².